The van der Waals surface area contributed by atoms with Crippen LogP contribution in [0.15, 0.2) is 6.20 Å². The van der Waals surface area contributed by atoms with Gasteiger partial charge in [0.2, 0.25) is 5.88 Å². The minimum atomic E-state index is -4.95. The molecule has 0 saturated heterocycles. The Balaban J connectivity index is 3.16. The number of rotatable bonds is 5. The minimum absolute atomic E-state index is 0.0828. The molecule has 0 bridgehead atoms. The predicted octanol–water partition coefficient (Wildman–Crippen LogP) is 3.16. The van der Waals surface area contributed by atoms with Gasteiger partial charge >= 0.3 is 12.3 Å². The maximum Gasteiger partial charge on any atom is 0.574 e. The van der Waals surface area contributed by atoms with Gasteiger partial charge in [0.1, 0.15) is 6.67 Å². The van der Waals surface area contributed by atoms with Crippen molar-refractivity contribution in [2.45, 2.75) is 26.4 Å². The number of nitrogens with zero attached hydrogens (tertiary/aromatic N) is 1. The van der Waals surface area contributed by atoms with Crippen molar-refractivity contribution in [1.29, 1.82) is 0 Å². The van der Waals surface area contributed by atoms with E-state index >= 15 is 0 Å². The predicted molar refractivity (Wildman–Crippen MR) is 68.8 cm³/mol. The summed E-state index contributed by atoms with van der Waals surface area (Å²) in [4.78, 5) is 14.8. The number of carbonyl (C=O) groups excluding carboxylic acids is 1. The molecule has 1 aromatic rings. The first kappa shape index (κ1) is 16.9. The number of hydrogen-bond donors (Lipinski definition) is 0. The van der Waals surface area contributed by atoms with E-state index < -0.39 is 31.3 Å². The Labute approximate surface area is 125 Å². The molecule has 0 amide bonds. The first-order chi connectivity index (χ1) is 9.28. The maximum absolute atomic E-state index is 12.7. The average Bonchev–Trinajstić information content (AvgIpc) is 2.32. The fraction of sp³-hybridized carbons (Fsp3) is 0.455. The van der Waals surface area contributed by atoms with Gasteiger partial charge in [-0.1, -0.05) is 0 Å². The van der Waals surface area contributed by atoms with Crippen LogP contribution < -0.4 is 4.74 Å². The molecule has 0 aliphatic carbocycles. The molecular formula is C11H10F4INO3. The van der Waals surface area contributed by atoms with Crippen molar-refractivity contribution in [3.8, 4) is 5.88 Å². The van der Waals surface area contributed by atoms with Crippen LogP contribution in [-0.2, 0) is 22.6 Å². The molecule has 0 fully saturated rings. The highest BCUT2D eigenvalue weighted by Gasteiger charge is 2.34. The third-order valence-electron chi connectivity index (χ3n) is 2.13. The summed E-state index contributed by atoms with van der Waals surface area (Å²) in [6.45, 7) is 0.737. The lowest BCUT2D eigenvalue weighted by Crippen LogP contribution is -2.21. The molecule has 0 saturated carbocycles. The van der Waals surface area contributed by atoms with E-state index in [4.69, 9.17) is 0 Å². The normalized spacial score (nSPS) is 11.3. The Morgan fingerprint density at radius 3 is 2.60 bits per heavy atom. The van der Waals surface area contributed by atoms with Crippen molar-refractivity contribution in [1.82, 2.24) is 4.98 Å². The van der Waals surface area contributed by atoms with Crippen LogP contribution in [0.5, 0.6) is 5.88 Å². The van der Waals surface area contributed by atoms with E-state index in [9.17, 15) is 22.4 Å². The third kappa shape index (κ3) is 4.76. The zero-order valence-corrected chi connectivity index (χ0v) is 12.4. The molecule has 0 atom stereocenters. The van der Waals surface area contributed by atoms with Crippen LogP contribution in [0.3, 0.4) is 0 Å². The van der Waals surface area contributed by atoms with Gasteiger partial charge in [-0.25, -0.2) is 9.37 Å². The summed E-state index contributed by atoms with van der Waals surface area (Å²) in [6, 6.07) is 0. The number of pyridine rings is 1. The summed E-state index contributed by atoms with van der Waals surface area (Å²) >= 11 is 1.64. The Kier molecular flexibility index (Phi) is 5.96. The van der Waals surface area contributed by atoms with Gasteiger partial charge in [-0.3, -0.25) is 4.79 Å². The molecule has 0 unspecified atom stereocenters. The van der Waals surface area contributed by atoms with Crippen LogP contribution >= 0.6 is 22.6 Å². The van der Waals surface area contributed by atoms with Crippen molar-refractivity contribution in [3.63, 3.8) is 0 Å². The summed E-state index contributed by atoms with van der Waals surface area (Å²) in [5.74, 6) is -1.51. The first-order valence-electron chi connectivity index (χ1n) is 5.42. The Bertz CT molecular complexity index is 493. The molecule has 0 aliphatic heterocycles. The summed E-state index contributed by atoms with van der Waals surface area (Å²) in [5, 5.41) is 0. The summed E-state index contributed by atoms with van der Waals surface area (Å²) in [7, 11) is 0. The second kappa shape index (κ2) is 7.04. The van der Waals surface area contributed by atoms with Crippen molar-refractivity contribution in [3.05, 3.63) is 20.9 Å². The van der Waals surface area contributed by atoms with Crippen LogP contribution in [0.25, 0.3) is 0 Å². The molecule has 0 spiro atoms. The van der Waals surface area contributed by atoms with E-state index in [0.29, 0.717) is 0 Å². The molecule has 9 heteroatoms. The summed E-state index contributed by atoms with van der Waals surface area (Å²) in [6.07, 6.45) is -4.48. The van der Waals surface area contributed by atoms with Crippen molar-refractivity contribution in [2.24, 2.45) is 0 Å². The molecule has 1 rings (SSSR count). The Hall–Kier alpha value is -1.13. The molecular weight excluding hydrogens is 397 g/mol. The monoisotopic (exact) mass is 407 g/mol. The quantitative estimate of drug-likeness (QED) is 0.428. The molecule has 1 heterocycles. The molecule has 4 nitrogen and oxygen atoms in total. The second-order valence-electron chi connectivity index (χ2n) is 3.54. The fourth-order valence-corrected chi connectivity index (χ4v) is 2.06. The van der Waals surface area contributed by atoms with Gasteiger partial charge in [0, 0.05) is 20.9 Å². The smallest absolute Gasteiger partial charge is 0.466 e. The molecule has 112 valence electrons. The van der Waals surface area contributed by atoms with Crippen LogP contribution in [-0.4, -0.2) is 23.9 Å². The van der Waals surface area contributed by atoms with Gasteiger partial charge in [0.05, 0.1) is 13.0 Å². The molecule has 0 radical (unpaired) electrons. The van der Waals surface area contributed by atoms with Crippen LogP contribution in [0, 0.1) is 3.57 Å². The van der Waals surface area contributed by atoms with E-state index in [2.05, 4.69) is 14.5 Å². The molecule has 0 aromatic carbocycles. The van der Waals surface area contributed by atoms with E-state index in [1.807, 2.05) is 0 Å². The SMILES string of the molecule is CCOC(=O)Cc1c(OC(F)(F)F)ncc(CF)c1I. The largest absolute Gasteiger partial charge is 0.574 e. The zero-order valence-electron chi connectivity index (χ0n) is 10.3. The number of aromatic nitrogens is 1. The van der Waals surface area contributed by atoms with Crippen LogP contribution in [0.4, 0.5) is 17.6 Å². The van der Waals surface area contributed by atoms with Gasteiger partial charge in [-0.2, -0.15) is 0 Å². The fourth-order valence-electron chi connectivity index (χ4n) is 1.36. The highest BCUT2D eigenvalue weighted by atomic mass is 127. The van der Waals surface area contributed by atoms with Crippen molar-refractivity contribution in [2.75, 3.05) is 6.61 Å². The van der Waals surface area contributed by atoms with Gasteiger partial charge in [0.25, 0.3) is 0 Å². The minimum Gasteiger partial charge on any atom is -0.466 e. The standard InChI is InChI=1S/C11H10F4INO3/c1-2-19-8(18)3-7-9(16)6(4-12)5-17-10(7)20-11(13,14)15/h5H,2-4H2,1H3. The topological polar surface area (TPSA) is 48.4 Å². The van der Waals surface area contributed by atoms with Gasteiger partial charge in [0.15, 0.2) is 0 Å². The zero-order chi connectivity index (χ0) is 15.3. The lowest BCUT2D eigenvalue weighted by atomic mass is 10.1. The first-order valence-corrected chi connectivity index (χ1v) is 6.50. The molecule has 0 aliphatic rings. The van der Waals surface area contributed by atoms with Crippen molar-refractivity contribution >= 4 is 28.6 Å². The number of carbonyl (C=O) groups is 1. The third-order valence-corrected chi connectivity index (χ3v) is 3.47. The van der Waals surface area contributed by atoms with Gasteiger partial charge in [-0.15, -0.1) is 13.2 Å². The lowest BCUT2D eigenvalue weighted by Gasteiger charge is -2.14. The number of esters is 1. The second-order valence-corrected chi connectivity index (χ2v) is 4.62. The van der Waals surface area contributed by atoms with Gasteiger partial charge < -0.3 is 9.47 Å². The number of alkyl halides is 4. The van der Waals surface area contributed by atoms with Crippen LogP contribution in [0.2, 0.25) is 0 Å². The Morgan fingerprint density at radius 1 is 1.45 bits per heavy atom. The van der Waals surface area contributed by atoms with E-state index in [0.717, 1.165) is 6.20 Å². The molecule has 0 N–H and O–H groups in total. The summed E-state index contributed by atoms with van der Waals surface area (Å²) in [5.41, 5.74) is -0.0593. The molecule has 20 heavy (non-hydrogen) atoms. The van der Waals surface area contributed by atoms with E-state index in [-0.39, 0.29) is 21.3 Å². The lowest BCUT2D eigenvalue weighted by molar-refractivity contribution is -0.276. The number of halogens is 5. The number of hydrogen-bond acceptors (Lipinski definition) is 4. The van der Waals surface area contributed by atoms with E-state index in [1.165, 1.54) is 0 Å². The highest BCUT2D eigenvalue weighted by Crippen LogP contribution is 2.30. The van der Waals surface area contributed by atoms with Gasteiger partial charge in [-0.05, 0) is 29.5 Å². The van der Waals surface area contributed by atoms with Crippen molar-refractivity contribution < 1.29 is 31.8 Å². The number of ether oxygens (including phenoxy) is 2. The summed E-state index contributed by atoms with van der Waals surface area (Å²) < 4.78 is 58.1. The maximum atomic E-state index is 12.7. The van der Waals surface area contributed by atoms with E-state index in [1.54, 1.807) is 29.5 Å². The Morgan fingerprint density at radius 2 is 2.10 bits per heavy atom. The van der Waals surface area contributed by atoms with Crippen LogP contribution in [0.1, 0.15) is 18.1 Å². The average molecular weight is 407 g/mol. The molecule has 1 aromatic heterocycles. The highest BCUT2D eigenvalue weighted by molar-refractivity contribution is 14.1.